The Labute approximate surface area is 379 Å². The molecule has 0 bridgehead atoms. The van der Waals surface area contributed by atoms with E-state index in [0.29, 0.717) is 0 Å². The summed E-state index contributed by atoms with van der Waals surface area (Å²) in [6, 6.07) is 50.0. The van der Waals surface area contributed by atoms with Crippen LogP contribution < -0.4 is 4.40 Å². The maximum absolute atomic E-state index is 6.51. The number of rotatable bonds is 8. The molecule has 0 atom stereocenters. The van der Waals surface area contributed by atoms with Crippen molar-refractivity contribution in [2.75, 3.05) is 0 Å². The van der Waals surface area contributed by atoms with Gasteiger partial charge in [0.05, 0.1) is 5.58 Å². The third-order valence-electron chi connectivity index (χ3n) is 12.9. The van der Waals surface area contributed by atoms with Crippen molar-refractivity contribution in [2.45, 2.75) is 94.3 Å². The summed E-state index contributed by atoms with van der Waals surface area (Å²) in [6.07, 6.45) is 17.5. The van der Waals surface area contributed by atoms with E-state index >= 15 is 0 Å². The summed E-state index contributed by atoms with van der Waals surface area (Å²) in [5, 5.41) is 2.23. The number of benzene rings is 5. The summed E-state index contributed by atoms with van der Waals surface area (Å²) in [5.41, 5.74) is 14.9. The van der Waals surface area contributed by atoms with Crippen molar-refractivity contribution in [3.05, 3.63) is 163 Å². The number of nitrogens with zero attached hydrogens (tertiary/aromatic N) is 2. The smallest absolute Gasteiger partial charge is 0.121 e. The molecule has 2 aliphatic rings. The van der Waals surface area contributed by atoms with Gasteiger partial charge in [0.2, 0.25) is 0 Å². The number of hydrogen-bond acceptors (Lipinski definition) is 3. The van der Waals surface area contributed by atoms with Gasteiger partial charge in [-0.05, 0) is 52.4 Å². The first-order valence-corrected chi connectivity index (χ1v) is 29.6. The summed E-state index contributed by atoms with van der Waals surface area (Å²) < 4.78 is 8.02. The van der Waals surface area contributed by atoms with Gasteiger partial charge in [-0.1, -0.05) is 121 Å². The summed E-state index contributed by atoms with van der Waals surface area (Å²) in [7, 11) is 0. The first-order valence-electron chi connectivity index (χ1n) is 22.2. The molecule has 2 saturated carbocycles. The summed E-state index contributed by atoms with van der Waals surface area (Å²) in [6.45, 7) is 2.23. The number of aromatic nitrogens is 2. The van der Waals surface area contributed by atoms with E-state index < -0.39 is 13.3 Å². The van der Waals surface area contributed by atoms with Crippen molar-refractivity contribution in [1.29, 1.82) is 0 Å². The van der Waals surface area contributed by atoms with Crippen LogP contribution >= 0.6 is 0 Å². The topological polar surface area (TPSA) is 38.9 Å². The molecule has 0 N–H and O–H groups in total. The molecule has 3 aromatic heterocycles. The molecule has 2 fully saturated rings. The number of aryl methyl sites for hydroxylation is 1. The Kier molecular flexibility index (Phi) is 13.6. The third-order valence-corrected chi connectivity index (χ3v) is 17.4. The van der Waals surface area contributed by atoms with Gasteiger partial charge in [-0.25, -0.2) is 0 Å². The molecule has 0 saturated heterocycles. The Balaban J connectivity index is 0.000000191. The van der Waals surface area contributed by atoms with E-state index in [-0.39, 0.29) is 20.1 Å². The van der Waals surface area contributed by atoms with Crippen molar-refractivity contribution in [3.63, 3.8) is 0 Å². The van der Waals surface area contributed by atoms with Crippen LogP contribution in [0.5, 0.6) is 0 Å². The van der Waals surface area contributed by atoms with Gasteiger partial charge >= 0.3 is 137 Å². The number of pyridine rings is 2. The van der Waals surface area contributed by atoms with Crippen molar-refractivity contribution < 1.29 is 24.5 Å². The van der Waals surface area contributed by atoms with E-state index in [2.05, 4.69) is 152 Å². The van der Waals surface area contributed by atoms with E-state index in [1.807, 2.05) is 18.3 Å². The quantitative estimate of drug-likeness (QED) is 0.112. The Morgan fingerprint density at radius 1 is 0.639 bits per heavy atom. The van der Waals surface area contributed by atoms with Gasteiger partial charge in [-0.15, -0.1) is 18.2 Å². The molecule has 61 heavy (non-hydrogen) atoms. The van der Waals surface area contributed by atoms with Crippen molar-refractivity contribution in [3.8, 4) is 44.8 Å². The van der Waals surface area contributed by atoms with E-state index in [1.165, 1.54) is 95.6 Å². The minimum atomic E-state index is -1.81. The Bertz CT molecular complexity index is 2720. The Morgan fingerprint density at radius 3 is 2.07 bits per heavy atom. The fourth-order valence-electron chi connectivity index (χ4n) is 9.69. The molecule has 0 spiro atoms. The predicted octanol–water partition coefficient (Wildman–Crippen LogP) is 15.0. The van der Waals surface area contributed by atoms with Crippen LogP contribution in [-0.4, -0.2) is 23.2 Å². The molecule has 311 valence electrons. The summed E-state index contributed by atoms with van der Waals surface area (Å²) in [5.74, 6) is 8.83. The van der Waals surface area contributed by atoms with Crippen LogP contribution in [-0.2, 0) is 26.5 Å². The molecule has 0 amide bonds. The normalized spacial score (nSPS) is 14.8. The van der Waals surface area contributed by atoms with Crippen LogP contribution in [0.2, 0.25) is 17.3 Å². The largest absolute Gasteiger partial charge is 0.501 e. The van der Waals surface area contributed by atoms with E-state index in [4.69, 9.17) is 14.4 Å². The second kappa shape index (κ2) is 19.2. The van der Waals surface area contributed by atoms with Crippen LogP contribution in [0.15, 0.2) is 138 Å². The van der Waals surface area contributed by atoms with Crippen LogP contribution in [0.25, 0.3) is 66.7 Å². The van der Waals surface area contributed by atoms with Crippen molar-refractivity contribution in [2.24, 2.45) is 5.92 Å². The van der Waals surface area contributed by atoms with E-state index in [9.17, 15) is 0 Å². The first kappa shape index (κ1) is 43.1. The number of hydrogen-bond donors (Lipinski definition) is 0. The molecular formula is C56H56GeIrN2O-2. The van der Waals surface area contributed by atoms with Gasteiger partial charge < -0.3 is 9.40 Å². The molecule has 5 heteroatoms. The van der Waals surface area contributed by atoms with Crippen LogP contribution in [0.4, 0.5) is 0 Å². The molecule has 3 nitrogen and oxygen atoms in total. The molecular weight excluding hydrogens is 981 g/mol. The molecule has 1 radical (unpaired) electrons. The molecule has 2 aliphatic carbocycles. The molecule has 10 rings (SSSR count). The molecule has 3 heterocycles. The summed E-state index contributed by atoms with van der Waals surface area (Å²) in [4.78, 5) is 9.49. The maximum Gasteiger partial charge on any atom is 0.121 e. The van der Waals surface area contributed by atoms with Gasteiger partial charge in [0, 0.05) is 31.7 Å². The zero-order chi connectivity index (χ0) is 41.1. The number of fused-ring (bicyclic) bond motifs is 3. The third kappa shape index (κ3) is 9.88. The monoisotopic (exact) mass is 1040 g/mol. The second-order valence-corrected chi connectivity index (χ2v) is 28.8. The molecule has 8 aromatic rings. The van der Waals surface area contributed by atoms with E-state index in [1.54, 1.807) is 0 Å². The molecule has 0 unspecified atom stereocenters. The maximum atomic E-state index is 6.51. The van der Waals surface area contributed by atoms with Gasteiger partial charge in [0.15, 0.2) is 0 Å². The minimum Gasteiger partial charge on any atom is -0.501 e. The predicted molar refractivity (Wildman–Crippen MR) is 254 cm³/mol. The second-order valence-electron chi connectivity index (χ2n) is 18.3. The number of furan rings is 1. The average molecular weight is 1040 g/mol. The Hall–Kier alpha value is -4.61. The van der Waals surface area contributed by atoms with Crippen molar-refractivity contribution >= 4 is 39.6 Å². The van der Waals surface area contributed by atoms with Gasteiger partial charge in [-0.3, -0.25) is 0 Å². The average Bonchev–Trinajstić information content (AvgIpc) is 3.96. The van der Waals surface area contributed by atoms with Crippen molar-refractivity contribution in [1.82, 2.24) is 9.97 Å². The minimum absolute atomic E-state index is 0. The molecule has 0 aliphatic heterocycles. The van der Waals surface area contributed by atoms with Gasteiger partial charge in [0.25, 0.3) is 0 Å². The van der Waals surface area contributed by atoms with Crippen LogP contribution in [0.1, 0.15) is 80.4 Å². The Morgan fingerprint density at radius 2 is 1.33 bits per heavy atom. The SMILES string of the molecule is Cc1cc(-c2[c-]ccc(C3CCCC3)c2)nc[c]1[Ge]([CH3])([CH3])[CH3].[Ir].[c-]1ccc2c(oc3cc(-c4ccc(-c5ccccc5)cc4)ccc32)c1-c1cc(CC2CCCCC2)ccn1. The zero-order valence-corrected chi connectivity index (χ0v) is 40.6. The van der Waals surface area contributed by atoms with Gasteiger partial charge in [-0.2, -0.15) is 0 Å². The van der Waals surface area contributed by atoms with Gasteiger partial charge in [0.1, 0.15) is 5.58 Å². The zero-order valence-electron chi connectivity index (χ0n) is 36.1. The fraction of sp³-hybridized carbons (Fsp3) is 0.286. The van der Waals surface area contributed by atoms with Crippen LogP contribution in [0.3, 0.4) is 0 Å². The molecule has 5 aromatic carbocycles. The van der Waals surface area contributed by atoms with Crippen LogP contribution in [0, 0.1) is 25.0 Å². The first-order chi connectivity index (χ1) is 29.3. The standard InChI is InChI=1S/C36H30NO.C20H26GeN.Ir/c1-3-8-25(9-4-1)22-26-20-21-37-34(23-26)33-13-7-12-32-31-19-18-30(24-35(31)38-36(32)33)29-16-14-28(15-17-29)27-10-5-2-6-11-27;1-15-12-20(22-14-19(15)21(2,3)4)18-11-7-10-17(13-18)16-8-5-6-9-16;/h2,5-7,10-12,14-21,23-25H,1,3-4,8-9,22H2;7,10,12-14,16H,5-6,8-9H2,1-4H3;/q2*-1;. The fourth-order valence-corrected chi connectivity index (χ4v) is 13.3. The van der Waals surface area contributed by atoms with E-state index in [0.717, 1.165) is 68.3 Å². The summed E-state index contributed by atoms with van der Waals surface area (Å²) >= 11 is -1.81.